The molecule has 1 aliphatic rings. The monoisotopic (exact) mass is 403 g/mol. The first-order chi connectivity index (χ1) is 12.0. The zero-order valence-corrected chi connectivity index (χ0v) is 16.7. The third kappa shape index (κ3) is 6.78. The third-order valence-electron chi connectivity index (χ3n) is 4.35. The standard InChI is InChI=1S/C18H26FN3O2S.ClH/c1-25-11-6-16(20)18(24)22-8-3-7-21(9-10-22)17(23)13-14-4-2-5-15(19)12-14;/h2,4-5,12,16H,3,6-11,13,20H2,1H3;1H/t16-;/m0./s1. The lowest BCUT2D eigenvalue weighted by Crippen LogP contribution is -2.45. The van der Waals surface area contributed by atoms with E-state index in [9.17, 15) is 14.0 Å². The molecule has 1 aromatic carbocycles. The maximum Gasteiger partial charge on any atom is 0.239 e. The van der Waals surface area contributed by atoms with Crippen LogP contribution in [-0.2, 0) is 16.0 Å². The summed E-state index contributed by atoms with van der Waals surface area (Å²) < 4.78 is 13.2. The van der Waals surface area contributed by atoms with E-state index < -0.39 is 6.04 Å². The Morgan fingerprint density at radius 1 is 1.23 bits per heavy atom. The molecule has 0 radical (unpaired) electrons. The number of carbonyl (C=O) groups excluding carboxylic acids is 2. The van der Waals surface area contributed by atoms with Crippen LogP contribution in [0.15, 0.2) is 24.3 Å². The zero-order valence-electron chi connectivity index (χ0n) is 15.0. The third-order valence-corrected chi connectivity index (χ3v) is 5.00. The summed E-state index contributed by atoms with van der Waals surface area (Å²) in [7, 11) is 0. The first-order valence-electron chi connectivity index (χ1n) is 8.57. The molecule has 0 aliphatic carbocycles. The fourth-order valence-electron chi connectivity index (χ4n) is 2.92. The zero-order chi connectivity index (χ0) is 18.2. The van der Waals surface area contributed by atoms with Gasteiger partial charge in [-0.05, 0) is 42.5 Å². The molecule has 1 saturated heterocycles. The van der Waals surface area contributed by atoms with Crippen LogP contribution in [0, 0.1) is 5.82 Å². The van der Waals surface area contributed by atoms with Gasteiger partial charge in [-0.1, -0.05) is 12.1 Å². The van der Waals surface area contributed by atoms with Crippen LogP contribution in [0.1, 0.15) is 18.4 Å². The number of nitrogens with zero attached hydrogens (tertiary/aromatic N) is 2. The Bertz CT molecular complexity index is 606. The molecule has 2 rings (SSSR count). The van der Waals surface area contributed by atoms with Crippen molar-refractivity contribution in [1.29, 1.82) is 0 Å². The second-order valence-corrected chi connectivity index (χ2v) is 7.24. The van der Waals surface area contributed by atoms with Crippen LogP contribution < -0.4 is 5.73 Å². The molecule has 26 heavy (non-hydrogen) atoms. The van der Waals surface area contributed by atoms with Gasteiger partial charge in [-0.25, -0.2) is 4.39 Å². The Labute approximate surface area is 164 Å². The van der Waals surface area contributed by atoms with Gasteiger partial charge in [0.2, 0.25) is 11.8 Å². The second kappa shape index (κ2) is 11.4. The van der Waals surface area contributed by atoms with Gasteiger partial charge in [0.1, 0.15) is 5.82 Å². The molecule has 0 bridgehead atoms. The van der Waals surface area contributed by atoms with E-state index >= 15 is 0 Å². The molecule has 1 atom stereocenters. The Hall–Kier alpha value is -1.31. The van der Waals surface area contributed by atoms with Gasteiger partial charge in [0.05, 0.1) is 12.5 Å². The van der Waals surface area contributed by atoms with Crippen LogP contribution in [0.4, 0.5) is 4.39 Å². The molecular weight excluding hydrogens is 377 g/mol. The summed E-state index contributed by atoms with van der Waals surface area (Å²) in [6.45, 7) is 2.23. The van der Waals surface area contributed by atoms with Gasteiger partial charge in [0.25, 0.3) is 0 Å². The normalized spacial score (nSPS) is 15.8. The lowest BCUT2D eigenvalue weighted by atomic mass is 10.1. The Kier molecular flexibility index (Phi) is 9.98. The summed E-state index contributed by atoms with van der Waals surface area (Å²) >= 11 is 1.67. The van der Waals surface area contributed by atoms with Crippen LogP contribution in [0.3, 0.4) is 0 Å². The van der Waals surface area contributed by atoms with Gasteiger partial charge in [0.15, 0.2) is 0 Å². The SMILES string of the molecule is CSCC[C@H](N)C(=O)N1CCCN(C(=O)Cc2cccc(F)c2)CC1.Cl. The summed E-state index contributed by atoms with van der Waals surface area (Å²) in [5.41, 5.74) is 6.64. The van der Waals surface area contributed by atoms with E-state index in [4.69, 9.17) is 5.73 Å². The van der Waals surface area contributed by atoms with Crippen LogP contribution in [-0.4, -0.2) is 65.8 Å². The number of nitrogens with two attached hydrogens (primary N) is 1. The second-order valence-electron chi connectivity index (χ2n) is 6.25. The van der Waals surface area contributed by atoms with Crippen LogP contribution in [0.5, 0.6) is 0 Å². The van der Waals surface area contributed by atoms with E-state index in [1.807, 2.05) is 6.26 Å². The molecule has 146 valence electrons. The molecule has 0 unspecified atom stereocenters. The number of carbonyl (C=O) groups is 2. The minimum Gasteiger partial charge on any atom is -0.341 e. The number of hydrogen-bond acceptors (Lipinski definition) is 4. The van der Waals surface area contributed by atoms with E-state index in [0.717, 1.165) is 12.2 Å². The van der Waals surface area contributed by atoms with Crippen molar-refractivity contribution < 1.29 is 14.0 Å². The van der Waals surface area contributed by atoms with E-state index in [1.54, 1.807) is 33.7 Å². The Morgan fingerprint density at radius 2 is 1.92 bits per heavy atom. The van der Waals surface area contributed by atoms with E-state index in [-0.39, 0.29) is 36.5 Å². The molecule has 0 aromatic heterocycles. The lowest BCUT2D eigenvalue weighted by Gasteiger charge is -2.24. The minimum atomic E-state index is -0.470. The van der Waals surface area contributed by atoms with Gasteiger partial charge >= 0.3 is 0 Å². The van der Waals surface area contributed by atoms with Crippen LogP contribution in [0.25, 0.3) is 0 Å². The van der Waals surface area contributed by atoms with Crippen molar-refractivity contribution in [2.24, 2.45) is 5.73 Å². The molecule has 1 heterocycles. The van der Waals surface area contributed by atoms with Crippen molar-refractivity contribution in [2.45, 2.75) is 25.3 Å². The summed E-state index contributed by atoms with van der Waals surface area (Å²) in [6.07, 6.45) is 3.57. The maximum absolute atomic E-state index is 13.2. The van der Waals surface area contributed by atoms with Gasteiger partial charge in [-0.15, -0.1) is 12.4 Å². The number of rotatable bonds is 6. The predicted octanol–water partition coefficient (Wildman–Crippen LogP) is 1.93. The smallest absolute Gasteiger partial charge is 0.239 e. The number of amides is 2. The average molecular weight is 404 g/mol. The molecule has 2 amide bonds. The van der Waals surface area contributed by atoms with Gasteiger partial charge in [-0.3, -0.25) is 9.59 Å². The molecule has 1 fully saturated rings. The minimum absolute atomic E-state index is 0. The molecule has 0 spiro atoms. The van der Waals surface area contributed by atoms with Gasteiger partial charge in [0, 0.05) is 26.2 Å². The maximum atomic E-state index is 13.2. The van der Waals surface area contributed by atoms with Crippen molar-refractivity contribution in [1.82, 2.24) is 9.80 Å². The fourth-order valence-corrected chi connectivity index (χ4v) is 3.41. The summed E-state index contributed by atoms with van der Waals surface area (Å²) in [5, 5.41) is 0. The van der Waals surface area contributed by atoms with Crippen molar-refractivity contribution in [3.63, 3.8) is 0 Å². The topological polar surface area (TPSA) is 66.6 Å². The van der Waals surface area contributed by atoms with E-state index in [2.05, 4.69) is 0 Å². The van der Waals surface area contributed by atoms with Crippen LogP contribution in [0.2, 0.25) is 0 Å². The van der Waals surface area contributed by atoms with E-state index in [1.165, 1.54) is 12.1 Å². The lowest BCUT2D eigenvalue weighted by molar-refractivity contribution is -0.134. The van der Waals surface area contributed by atoms with Crippen molar-refractivity contribution in [2.75, 3.05) is 38.2 Å². The highest BCUT2D eigenvalue weighted by Gasteiger charge is 2.25. The van der Waals surface area contributed by atoms with Crippen molar-refractivity contribution >= 4 is 36.0 Å². The average Bonchev–Trinajstić information content (AvgIpc) is 2.85. The molecule has 0 saturated carbocycles. The van der Waals surface area contributed by atoms with Crippen molar-refractivity contribution in [3.8, 4) is 0 Å². The van der Waals surface area contributed by atoms with Crippen LogP contribution >= 0.6 is 24.2 Å². The van der Waals surface area contributed by atoms with Crippen molar-refractivity contribution in [3.05, 3.63) is 35.6 Å². The summed E-state index contributed by atoms with van der Waals surface area (Å²) in [6, 6.07) is 5.64. The first kappa shape index (κ1) is 22.7. The molecule has 2 N–H and O–H groups in total. The van der Waals surface area contributed by atoms with Gasteiger partial charge in [-0.2, -0.15) is 11.8 Å². The first-order valence-corrected chi connectivity index (χ1v) is 9.96. The Balaban J connectivity index is 0.00000338. The summed E-state index contributed by atoms with van der Waals surface area (Å²) in [4.78, 5) is 28.4. The summed E-state index contributed by atoms with van der Waals surface area (Å²) in [5.74, 6) is 0.455. The number of thioether (sulfide) groups is 1. The fraction of sp³-hybridized carbons (Fsp3) is 0.556. The number of halogens is 2. The highest BCUT2D eigenvalue weighted by Crippen LogP contribution is 2.11. The largest absolute Gasteiger partial charge is 0.341 e. The quantitative estimate of drug-likeness (QED) is 0.788. The number of benzene rings is 1. The highest BCUT2D eigenvalue weighted by atomic mass is 35.5. The molecule has 1 aliphatic heterocycles. The Morgan fingerprint density at radius 3 is 2.62 bits per heavy atom. The molecule has 5 nitrogen and oxygen atoms in total. The molecule has 1 aromatic rings. The number of hydrogen-bond donors (Lipinski definition) is 1. The van der Waals surface area contributed by atoms with E-state index in [0.29, 0.717) is 38.2 Å². The predicted molar refractivity (Wildman–Crippen MR) is 106 cm³/mol. The van der Waals surface area contributed by atoms with Gasteiger partial charge < -0.3 is 15.5 Å². The highest BCUT2D eigenvalue weighted by molar-refractivity contribution is 7.98. The molecular formula is C18H27ClFN3O2S. The molecule has 8 heteroatoms.